The molecule has 2 heterocycles. The number of alkyl halides is 2. The number of aryl methyl sites for hydroxylation is 1. The highest BCUT2D eigenvalue weighted by atomic mass is 35.5. The number of anilines is 1. The number of nitrogens with one attached hydrogen (secondary N) is 2. The van der Waals surface area contributed by atoms with Gasteiger partial charge in [0.1, 0.15) is 11.6 Å². The molecular formula is C21H30Cl3F3N4O. The first-order valence-electron chi connectivity index (χ1n) is 9.73. The molecule has 2 atom stereocenters. The lowest BCUT2D eigenvalue weighted by molar-refractivity contribution is -0.00825. The molecule has 4 N–H and O–H groups in total. The minimum absolute atomic E-state index is 0. The first kappa shape index (κ1) is 30.7. The molecule has 1 aliphatic heterocycles. The van der Waals surface area contributed by atoms with Gasteiger partial charge in [-0.05, 0) is 43.2 Å². The highest BCUT2D eigenvalue weighted by molar-refractivity contribution is 5.86. The topological polar surface area (TPSA) is 72.2 Å². The predicted molar refractivity (Wildman–Crippen MR) is 128 cm³/mol. The average Bonchev–Trinajstić information content (AvgIpc) is 3.07. The van der Waals surface area contributed by atoms with Crippen molar-refractivity contribution < 1.29 is 17.9 Å². The molecule has 11 heteroatoms. The molecule has 0 amide bonds. The van der Waals surface area contributed by atoms with Gasteiger partial charge in [0, 0.05) is 36.8 Å². The molecule has 0 spiro atoms. The molecule has 5 nitrogen and oxygen atoms in total. The van der Waals surface area contributed by atoms with E-state index in [1.54, 1.807) is 0 Å². The fourth-order valence-corrected chi connectivity index (χ4v) is 3.59. The van der Waals surface area contributed by atoms with Gasteiger partial charge in [0.25, 0.3) is 5.92 Å². The fourth-order valence-electron chi connectivity index (χ4n) is 3.59. The maximum Gasteiger partial charge on any atom is 0.285 e. The molecule has 1 fully saturated rings. The molecule has 32 heavy (non-hydrogen) atoms. The zero-order valence-electron chi connectivity index (χ0n) is 17.7. The van der Waals surface area contributed by atoms with Crippen LogP contribution in [0, 0.1) is 18.7 Å². The number of aromatic nitrogens is 1. The Kier molecular flexibility index (Phi) is 13.5. The second-order valence-electron chi connectivity index (χ2n) is 7.48. The third-order valence-electron chi connectivity index (χ3n) is 5.00. The van der Waals surface area contributed by atoms with Crippen molar-refractivity contribution in [1.29, 1.82) is 0 Å². The highest BCUT2D eigenvalue weighted by Gasteiger charge is 2.31. The van der Waals surface area contributed by atoms with Crippen LogP contribution in [-0.2, 0) is 17.1 Å². The van der Waals surface area contributed by atoms with Crippen LogP contribution < -0.4 is 16.4 Å². The van der Waals surface area contributed by atoms with E-state index >= 15 is 0 Å². The van der Waals surface area contributed by atoms with Crippen molar-refractivity contribution in [3.8, 4) is 0 Å². The van der Waals surface area contributed by atoms with Crippen molar-refractivity contribution in [1.82, 2.24) is 15.6 Å². The molecule has 0 radical (unpaired) electrons. The third-order valence-corrected chi connectivity index (χ3v) is 5.00. The third kappa shape index (κ3) is 8.92. The summed E-state index contributed by atoms with van der Waals surface area (Å²) in [6, 6.07) is 8.36. The predicted octanol–water partition coefficient (Wildman–Crippen LogP) is 3.91. The second kappa shape index (κ2) is 14.1. The molecule has 1 aliphatic rings. The summed E-state index contributed by atoms with van der Waals surface area (Å²) in [5.74, 6) is -3.06. The number of nitrogen functional groups attached to an aromatic ring is 1. The van der Waals surface area contributed by atoms with E-state index in [0.29, 0.717) is 19.0 Å². The van der Waals surface area contributed by atoms with Gasteiger partial charge in [-0.25, -0.2) is 9.37 Å². The largest absolute Gasteiger partial charge is 0.384 e. The van der Waals surface area contributed by atoms with Crippen LogP contribution in [0.15, 0.2) is 36.4 Å². The van der Waals surface area contributed by atoms with Crippen LogP contribution in [0.1, 0.15) is 16.8 Å². The van der Waals surface area contributed by atoms with Gasteiger partial charge in [0.15, 0.2) is 0 Å². The fraction of sp³-hybridized carbons (Fsp3) is 0.476. The van der Waals surface area contributed by atoms with Crippen molar-refractivity contribution in [3.05, 3.63) is 59.0 Å². The lowest BCUT2D eigenvalue weighted by Gasteiger charge is -2.21. The zero-order chi connectivity index (χ0) is 20.9. The minimum atomic E-state index is -3.14. The van der Waals surface area contributed by atoms with E-state index in [1.165, 1.54) is 12.1 Å². The van der Waals surface area contributed by atoms with Crippen molar-refractivity contribution in [2.24, 2.45) is 5.92 Å². The lowest BCUT2D eigenvalue weighted by Crippen LogP contribution is -2.34. The highest BCUT2D eigenvalue weighted by Crippen LogP contribution is 2.27. The summed E-state index contributed by atoms with van der Waals surface area (Å²) in [5.41, 5.74) is 7.48. The van der Waals surface area contributed by atoms with Gasteiger partial charge in [-0.3, -0.25) is 0 Å². The van der Waals surface area contributed by atoms with Crippen LogP contribution in [0.5, 0.6) is 0 Å². The monoisotopic (exact) mass is 516 g/mol. The first-order chi connectivity index (χ1) is 13.8. The lowest BCUT2D eigenvalue weighted by atomic mass is 9.99. The first-order valence-corrected chi connectivity index (χ1v) is 9.73. The van der Waals surface area contributed by atoms with Gasteiger partial charge in [-0.15, -0.1) is 37.2 Å². The standard InChI is InChI=1S/C21H27F3N4O.3ClH/c1-14-7-18(28-20(25)8-14)9-15-11-27-12-19(15)29-6-5-26-13-21(23,24)16-3-2-4-17(22)10-16;;;/h2-4,7-8,10,15,19,26-27H,5-6,9,11-13H2,1H3,(H2,25,28);3*1H/t15-,19+;;;/m1.../s1. The quantitative estimate of drug-likeness (QED) is 0.440. The molecule has 0 bridgehead atoms. The molecule has 1 saturated heterocycles. The van der Waals surface area contributed by atoms with Gasteiger partial charge in [-0.1, -0.05) is 12.1 Å². The van der Waals surface area contributed by atoms with E-state index in [0.717, 1.165) is 36.4 Å². The number of hydrogen-bond acceptors (Lipinski definition) is 5. The number of pyridine rings is 1. The van der Waals surface area contributed by atoms with Crippen LogP contribution in [0.2, 0.25) is 0 Å². The molecule has 182 valence electrons. The molecule has 3 rings (SSSR count). The normalized spacial score (nSPS) is 17.8. The van der Waals surface area contributed by atoms with Gasteiger partial charge in [0.05, 0.1) is 19.3 Å². The number of ether oxygens (including phenoxy) is 1. The smallest absolute Gasteiger partial charge is 0.285 e. The Labute approximate surface area is 205 Å². The van der Waals surface area contributed by atoms with Crippen LogP contribution >= 0.6 is 37.2 Å². The van der Waals surface area contributed by atoms with Crippen LogP contribution in [0.4, 0.5) is 19.0 Å². The summed E-state index contributed by atoms with van der Waals surface area (Å²) in [4.78, 5) is 4.38. The van der Waals surface area contributed by atoms with Crippen LogP contribution in [0.25, 0.3) is 0 Å². The number of nitrogens with two attached hydrogens (primary N) is 1. The Bertz CT molecular complexity index is 812. The molecule has 1 aromatic carbocycles. The number of nitrogens with zero attached hydrogens (tertiary/aromatic N) is 1. The Morgan fingerprint density at radius 3 is 2.62 bits per heavy atom. The Morgan fingerprint density at radius 1 is 1.19 bits per heavy atom. The summed E-state index contributed by atoms with van der Waals surface area (Å²) in [5, 5.41) is 6.00. The van der Waals surface area contributed by atoms with Crippen molar-refractivity contribution >= 4 is 43.0 Å². The maximum atomic E-state index is 14.1. The SMILES string of the molecule is Cc1cc(N)nc(C[C@@H]2CNC[C@@H]2OCCNCC(F)(F)c2cccc(F)c2)c1.Cl.Cl.Cl. The van der Waals surface area contributed by atoms with Gasteiger partial charge in [0.2, 0.25) is 0 Å². The number of rotatable bonds is 9. The molecule has 0 saturated carbocycles. The molecule has 0 aliphatic carbocycles. The van der Waals surface area contributed by atoms with Crippen molar-refractivity contribution in [2.75, 3.05) is 38.5 Å². The van der Waals surface area contributed by atoms with E-state index in [9.17, 15) is 13.2 Å². The number of benzene rings is 1. The van der Waals surface area contributed by atoms with E-state index in [-0.39, 0.29) is 61.4 Å². The molecule has 2 aromatic rings. The van der Waals surface area contributed by atoms with Gasteiger partial charge < -0.3 is 21.1 Å². The summed E-state index contributed by atoms with van der Waals surface area (Å²) in [6.45, 7) is 3.53. The zero-order valence-corrected chi connectivity index (χ0v) is 20.1. The average molecular weight is 518 g/mol. The number of hydrogen-bond donors (Lipinski definition) is 3. The second-order valence-corrected chi connectivity index (χ2v) is 7.48. The van der Waals surface area contributed by atoms with Gasteiger partial charge >= 0.3 is 0 Å². The van der Waals surface area contributed by atoms with E-state index in [1.807, 2.05) is 19.1 Å². The summed E-state index contributed by atoms with van der Waals surface area (Å²) in [6.07, 6.45) is 0.735. The van der Waals surface area contributed by atoms with Crippen LogP contribution in [0.3, 0.4) is 0 Å². The Balaban J connectivity index is 0.00000320. The minimum Gasteiger partial charge on any atom is -0.384 e. The Morgan fingerprint density at radius 2 is 1.94 bits per heavy atom. The number of halogens is 6. The molecule has 0 unspecified atom stereocenters. The summed E-state index contributed by atoms with van der Waals surface area (Å²) in [7, 11) is 0. The molecular weight excluding hydrogens is 488 g/mol. The van der Waals surface area contributed by atoms with Gasteiger partial charge in [-0.2, -0.15) is 8.78 Å². The summed E-state index contributed by atoms with van der Waals surface area (Å²) < 4.78 is 47.3. The summed E-state index contributed by atoms with van der Waals surface area (Å²) >= 11 is 0. The van der Waals surface area contributed by atoms with Crippen LogP contribution in [-0.4, -0.2) is 43.9 Å². The molecule has 1 aromatic heterocycles. The van der Waals surface area contributed by atoms with Crippen molar-refractivity contribution in [3.63, 3.8) is 0 Å². The Hall–Kier alpha value is -1.29. The van der Waals surface area contributed by atoms with E-state index in [2.05, 4.69) is 15.6 Å². The maximum absolute atomic E-state index is 14.1. The van der Waals surface area contributed by atoms with Crippen molar-refractivity contribution in [2.45, 2.75) is 25.4 Å². The van der Waals surface area contributed by atoms with E-state index < -0.39 is 18.3 Å². The van der Waals surface area contributed by atoms with E-state index in [4.69, 9.17) is 10.5 Å².